The molecule has 4 nitrogen and oxygen atoms in total. The largest absolute Gasteiger partial charge is 0.416 e. The zero-order chi connectivity index (χ0) is 19.0. The van der Waals surface area contributed by atoms with E-state index in [1.807, 2.05) is 6.92 Å². The quantitative estimate of drug-likeness (QED) is 0.300. The van der Waals surface area contributed by atoms with Gasteiger partial charge in [-0.2, -0.15) is 13.2 Å². The van der Waals surface area contributed by atoms with Crippen LogP contribution in [0.1, 0.15) is 24.5 Å². The number of benzene rings is 1. The Balaban J connectivity index is 0.00000364. The summed E-state index contributed by atoms with van der Waals surface area (Å²) in [5.41, 5.74) is -0.347. The van der Waals surface area contributed by atoms with Crippen molar-refractivity contribution in [3.05, 3.63) is 35.4 Å². The fourth-order valence-corrected chi connectivity index (χ4v) is 2.82. The third-order valence-electron chi connectivity index (χ3n) is 4.11. The minimum atomic E-state index is -4.36. The predicted octanol–water partition coefficient (Wildman–Crippen LogP) is 3.61. The molecule has 1 aliphatic heterocycles. The molecule has 0 radical (unpaired) electrons. The molecule has 2 rings (SSSR count). The first-order valence-electron chi connectivity index (χ1n) is 8.63. The number of guanidine groups is 1. The first-order chi connectivity index (χ1) is 12.4. The Morgan fingerprint density at radius 2 is 2.19 bits per heavy atom. The Hall–Kier alpha value is -1.47. The van der Waals surface area contributed by atoms with Crippen LogP contribution >= 0.6 is 24.0 Å². The van der Waals surface area contributed by atoms with Gasteiger partial charge in [0, 0.05) is 38.2 Å². The maximum absolute atomic E-state index is 12.7. The molecule has 1 saturated heterocycles. The van der Waals surface area contributed by atoms with Crippen LogP contribution in [0.4, 0.5) is 13.2 Å². The molecule has 1 aromatic rings. The number of alkyl halides is 3. The summed E-state index contributed by atoms with van der Waals surface area (Å²) in [4.78, 5) is 6.40. The number of halogens is 4. The Morgan fingerprint density at radius 1 is 1.41 bits per heavy atom. The lowest BCUT2D eigenvalue weighted by molar-refractivity contribution is -0.137. The summed E-state index contributed by atoms with van der Waals surface area (Å²) < 4.78 is 43.6. The third kappa shape index (κ3) is 7.58. The van der Waals surface area contributed by atoms with Crippen LogP contribution in [0.15, 0.2) is 29.3 Å². The van der Waals surface area contributed by atoms with Crippen molar-refractivity contribution in [2.45, 2.75) is 19.5 Å². The van der Waals surface area contributed by atoms with Gasteiger partial charge in [-0.25, -0.2) is 0 Å². The second-order valence-electron chi connectivity index (χ2n) is 6.04. The fourth-order valence-electron chi connectivity index (χ4n) is 2.82. The monoisotopic (exact) mass is 495 g/mol. The molecule has 1 N–H and O–H groups in total. The van der Waals surface area contributed by atoms with Crippen molar-refractivity contribution in [1.82, 2.24) is 10.2 Å². The molecule has 1 unspecified atom stereocenters. The fraction of sp³-hybridized carbons (Fsp3) is 0.526. The molecule has 1 heterocycles. The van der Waals surface area contributed by atoms with Crippen LogP contribution in [0.5, 0.6) is 0 Å². The van der Waals surface area contributed by atoms with Gasteiger partial charge >= 0.3 is 6.18 Å². The van der Waals surface area contributed by atoms with E-state index in [1.165, 1.54) is 6.07 Å². The lowest BCUT2D eigenvalue weighted by Crippen LogP contribution is -2.40. The van der Waals surface area contributed by atoms with Gasteiger partial charge in [-0.1, -0.05) is 17.9 Å². The van der Waals surface area contributed by atoms with Crippen molar-refractivity contribution in [2.75, 3.05) is 39.9 Å². The van der Waals surface area contributed by atoms with Gasteiger partial charge in [0.25, 0.3) is 0 Å². The molecule has 150 valence electrons. The summed E-state index contributed by atoms with van der Waals surface area (Å²) in [6.07, 6.45) is -3.30. The highest BCUT2D eigenvalue weighted by Crippen LogP contribution is 2.29. The van der Waals surface area contributed by atoms with Crippen LogP contribution in [0.2, 0.25) is 0 Å². The molecule has 0 aliphatic carbocycles. The number of aliphatic imine (C=N–C) groups is 1. The summed E-state index contributed by atoms with van der Waals surface area (Å²) in [5.74, 6) is 6.85. The van der Waals surface area contributed by atoms with Gasteiger partial charge < -0.3 is 15.0 Å². The van der Waals surface area contributed by atoms with E-state index in [9.17, 15) is 13.2 Å². The Labute approximate surface area is 175 Å². The molecular weight excluding hydrogens is 470 g/mol. The van der Waals surface area contributed by atoms with Crippen molar-refractivity contribution in [3.63, 3.8) is 0 Å². The zero-order valence-electron chi connectivity index (χ0n) is 15.5. The van der Waals surface area contributed by atoms with Gasteiger partial charge in [0.1, 0.15) is 0 Å². The van der Waals surface area contributed by atoms with E-state index in [1.54, 1.807) is 13.1 Å². The minimum Gasteiger partial charge on any atom is -0.381 e. The number of hydrogen-bond donors (Lipinski definition) is 1. The lowest BCUT2D eigenvalue weighted by atomic mass is 10.1. The summed E-state index contributed by atoms with van der Waals surface area (Å²) in [6.45, 7) is 5.54. The molecule has 1 aromatic carbocycles. The van der Waals surface area contributed by atoms with Crippen LogP contribution in [0, 0.1) is 17.8 Å². The smallest absolute Gasteiger partial charge is 0.381 e. The van der Waals surface area contributed by atoms with Crippen LogP contribution in [0.3, 0.4) is 0 Å². The average molecular weight is 495 g/mol. The predicted molar refractivity (Wildman–Crippen MR) is 111 cm³/mol. The van der Waals surface area contributed by atoms with E-state index >= 15 is 0 Å². The van der Waals surface area contributed by atoms with E-state index in [0.29, 0.717) is 24.6 Å². The summed E-state index contributed by atoms with van der Waals surface area (Å²) in [6, 6.07) is 5.02. The maximum atomic E-state index is 12.7. The Morgan fingerprint density at radius 3 is 2.85 bits per heavy atom. The van der Waals surface area contributed by atoms with Crippen LogP contribution < -0.4 is 5.32 Å². The first-order valence-corrected chi connectivity index (χ1v) is 8.63. The third-order valence-corrected chi connectivity index (χ3v) is 4.11. The molecule has 27 heavy (non-hydrogen) atoms. The summed E-state index contributed by atoms with van der Waals surface area (Å²) >= 11 is 0. The Bertz CT molecular complexity index is 683. The van der Waals surface area contributed by atoms with Gasteiger partial charge in [0.15, 0.2) is 5.96 Å². The van der Waals surface area contributed by atoms with Gasteiger partial charge in [-0.15, -0.1) is 24.0 Å². The molecule has 0 aromatic heterocycles. The highest BCUT2D eigenvalue weighted by atomic mass is 127. The Kier molecular flexibility index (Phi) is 9.94. The minimum absolute atomic E-state index is 0. The standard InChI is InChI=1S/C19H24F3N3O.HI/c1-3-26-14-16-9-11-25(13-16)18(23-2)24-10-5-7-15-6-4-8-17(12-15)19(20,21)22;/h4,6,8,12,16H,3,9-11,13-14H2,1-2H3,(H,23,24);1H. The molecule has 0 bridgehead atoms. The molecule has 8 heteroatoms. The molecule has 0 amide bonds. The van der Waals surface area contributed by atoms with Gasteiger partial charge in [0.2, 0.25) is 0 Å². The number of hydrogen-bond acceptors (Lipinski definition) is 2. The van der Waals surface area contributed by atoms with Crippen LogP contribution in [-0.2, 0) is 10.9 Å². The molecule has 1 aliphatic rings. The number of likely N-dealkylation sites (tertiary alicyclic amines) is 1. The van der Waals surface area contributed by atoms with Gasteiger partial charge in [-0.3, -0.25) is 4.99 Å². The van der Waals surface area contributed by atoms with E-state index in [2.05, 4.69) is 27.0 Å². The number of nitrogens with one attached hydrogen (secondary N) is 1. The van der Waals surface area contributed by atoms with Crippen molar-refractivity contribution < 1.29 is 17.9 Å². The summed E-state index contributed by atoms with van der Waals surface area (Å²) in [5, 5.41) is 3.14. The van der Waals surface area contributed by atoms with E-state index in [-0.39, 0.29) is 24.0 Å². The van der Waals surface area contributed by atoms with E-state index in [0.717, 1.165) is 44.2 Å². The molecule has 0 spiro atoms. The SMILES string of the molecule is CCOCC1CCN(C(=NC)NCC#Cc2cccc(C(F)(F)F)c2)C1.I. The normalized spacial score (nSPS) is 17.1. The van der Waals surface area contributed by atoms with Gasteiger partial charge in [0.05, 0.1) is 18.7 Å². The average Bonchev–Trinajstić information content (AvgIpc) is 3.08. The second kappa shape index (κ2) is 11.4. The number of ether oxygens (including phenoxy) is 1. The van der Waals surface area contributed by atoms with Crippen molar-refractivity contribution >= 4 is 29.9 Å². The van der Waals surface area contributed by atoms with Crippen molar-refractivity contribution in [3.8, 4) is 11.8 Å². The van der Waals surface area contributed by atoms with E-state index < -0.39 is 11.7 Å². The molecule has 1 fully saturated rings. The van der Waals surface area contributed by atoms with Crippen molar-refractivity contribution in [2.24, 2.45) is 10.9 Å². The molecular formula is C19H25F3IN3O. The number of nitrogens with zero attached hydrogens (tertiary/aromatic N) is 2. The van der Waals surface area contributed by atoms with E-state index in [4.69, 9.17) is 4.74 Å². The molecule has 1 atom stereocenters. The second-order valence-corrected chi connectivity index (χ2v) is 6.04. The summed E-state index contributed by atoms with van der Waals surface area (Å²) in [7, 11) is 1.71. The lowest BCUT2D eigenvalue weighted by Gasteiger charge is -2.20. The highest BCUT2D eigenvalue weighted by Gasteiger charge is 2.30. The first kappa shape index (κ1) is 23.6. The van der Waals surface area contributed by atoms with Crippen molar-refractivity contribution in [1.29, 1.82) is 0 Å². The zero-order valence-corrected chi connectivity index (χ0v) is 17.8. The highest BCUT2D eigenvalue weighted by molar-refractivity contribution is 14.0. The maximum Gasteiger partial charge on any atom is 0.416 e. The molecule has 0 saturated carbocycles. The van der Waals surface area contributed by atoms with Gasteiger partial charge in [-0.05, 0) is 31.5 Å². The van der Waals surface area contributed by atoms with Crippen LogP contribution in [-0.4, -0.2) is 50.8 Å². The topological polar surface area (TPSA) is 36.9 Å². The number of rotatable bonds is 4. The van der Waals surface area contributed by atoms with Crippen LogP contribution in [0.25, 0.3) is 0 Å².